The van der Waals surface area contributed by atoms with E-state index in [1.54, 1.807) is 17.0 Å². The molecule has 0 radical (unpaired) electrons. The van der Waals surface area contributed by atoms with Crippen LogP contribution in [0.3, 0.4) is 0 Å². The van der Waals surface area contributed by atoms with Crippen LogP contribution in [-0.2, 0) is 0 Å². The summed E-state index contributed by atoms with van der Waals surface area (Å²) in [5.74, 6) is 0.126. The van der Waals surface area contributed by atoms with Crippen molar-refractivity contribution in [1.29, 1.82) is 0 Å². The van der Waals surface area contributed by atoms with E-state index in [1.807, 2.05) is 13.8 Å². The monoisotopic (exact) mass is 287 g/mol. The quantitative estimate of drug-likeness (QED) is 0.860. The van der Waals surface area contributed by atoms with Crippen LogP contribution in [0.15, 0.2) is 21.2 Å². The van der Waals surface area contributed by atoms with Crippen molar-refractivity contribution in [3.63, 3.8) is 0 Å². The number of aliphatic hydroxyl groups excluding tert-OH is 1. The Bertz CT molecular complexity index is 413. The summed E-state index contributed by atoms with van der Waals surface area (Å²) in [6, 6.07) is 3.32. The van der Waals surface area contributed by atoms with E-state index in [0.29, 0.717) is 23.4 Å². The molecule has 88 valence electrons. The third-order valence-corrected chi connectivity index (χ3v) is 3.59. The van der Waals surface area contributed by atoms with Crippen molar-refractivity contribution in [2.75, 3.05) is 6.54 Å². The van der Waals surface area contributed by atoms with E-state index >= 15 is 0 Å². The van der Waals surface area contributed by atoms with Crippen molar-refractivity contribution < 1.29 is 14.3 Å². The smallest absolute Gasteiger partial charge is 0.290 e. The number of carbonyl (C=O) groups excluding carboxylic acids is 1. The molecule has 1 saturated heterocycles. The first-order valence-electron chi connectivity index (χ1n) is 5.18. The average Bonchev–Trinajstić information content (AvgIpc) is 2.73. The van der Waals surface area contributed by atoms with Gasteiger partial charge in [-0.15, -0.1) is 0 Å². The topological polar surface area (TPSA) is 53.7 Å². The van der Waals surface area contributed by atoms with E-state index in [4.69, 9.17) is 4.42 Å². The van der Waals surface area contributed by atoms with Crippen LogP contribution in [0, 0.1) is 0 Å². The van der Waals surface area contributed by atoms with Gasteiger partial charge in [0.25, 0.3) is 5.91 Å². The fourth-order valence-electron chi connectivity index (χ4n) is 2.00. The Hall–Kier alpha value is -0.810. The Morgan fingerprint density at radius 3 is 2.75 bits per heavy atom. The van der Waals surface area contributed by atoms with E-state index in [-0.39, 0.29) is 5.91 Å². The number of furan rings is 1. The number of carbonyl (C=O) groups is 1. The van der Waals surface area contributed by atoms with Gasteiger partial charge in [0.05, 0.1) is 11.6 Å². The van der Waals surface area contributed by atoms with Gasteiger partial charge in [0.1, 0.15) is 0 Å². The summed E-state index contributed by atoms with van der Waals surface area (Å²) >= 11 is 3.16. The lowest BCUT2D eigenvalue weighted by Crippen LogP contribution is -2.47. The molecule has 1 aromatic rings. The van der Waals surface area contributed by atoms with Gasteiger partial charge in [-0.25, -0.2) is 0 Å². The molecule has 0 spiro atoms. The average molecular weight is 288 g/mol. The van der Waals surface area contributed by atoms with Gasteiger partial charge in [-0.3, -0.25) is 4.79 Å². The first kappa shape index (κ1) is 11.7. The highest BCUT2D eigenvalue weighted by molar-refractivity contribution is 9.10. The predicted octanol–water partition coefficient (Wildman–Crippen LogP) is 2.03. The zero-order valence-electron chi connectivity index (χ0n) is 9.24. The SMILES string of the molecule is CC1(C)C(O)CCN1C(=O)c1ccc(Br)o1. The van der Waals surface area contributed by atoms with Crippen molar-refractivity contribution in [3.8, 4) is 0 Å². The molecule has 16 heavy (non-hydrogen) atoms. The van der Waals surface area contributed by atoms with Crippen molar-refractivity contribution in [1.82, 2.24) is 4.90 Å². The second kappa shape index (κ2) is 3.89. The normalized spacial score (nSPS) is 23.8. The number of rotatable bonds is 1. The molecule has 1 unspecified atom stereocenters. The summed E-state index contributed by atoms with van der Waals surface area (Å²) in [7, 11) is 0. The van der Waals surface area contributed by atoms with E-state index in [1.165, 1.54) is 0 Å². The summed E-state index contributed by atoms with van der Waals surface area (Å²) < 4.78 is 5.77. The Morgan fingerprint density at radius 1 is 1.62 bits per heavy atom. The molecule has 0 aliphatic carbocycles. The van der Waals surface area contributed by atoms with Crippen LogP contribution in [0.1, 0.15) is 30.8 Å². The van der Waals surface area contributed by atoms with Gasteiger partial charge in [0.2, 0.25) is 0 Å². The Kier molecular flexibility index (Phi) is 2.84. The standard InChI is InChI=1S/C11H14BrNO3/c1-11(2)8(14)5-6-13(11)10(15)7-3-4-9(12)16-7/h3-4,8,14H,5-6H2,1-2H3. The number of likely N-dealkylation sites (tertiary alicyclic amines) is 1. The summed E-state index contributed by atoms with van der Waals surface area (Å²) in [5.41, 5.74) is -0.531. The van der Waals surface area contributed by atoms with Crippen LogP contribution in [0.4, 0.5) is 0 Å². The van der Waals surface area contributed by atoms with Crippen LogP contribution in [0.2, 0.25) is 0 Å². The predicted molar refractivity (Wildman–Crippen MR) is 62.1 cm³/mol. The first-order chi connectivity index (χ1) is 7.43. The lowest BCUT2D eigenvalue weighted by molar-refractivity contribution is 0.0369. The molecule has 0 aromatic carbocycles. The molecular weight excluding hydrogens is 274 g/mol. The van der Waals surface area contributed by atoms with Gasteiger partial charge in [-0.05, 0) is 48.3 Å². The molecule has 0 saturated carbocycles. The fourth-order valence-corrected chi connectivity index (χ4v) is 2.30. The minimum atomic E-state index is -0.531. The molecule has 2 rings (SSSR count). The number of halogens is 1. The second-order valence-electron chi connectivity index (χ2n) is 4.52. The molecule has 4 nitrogen and oxygen atoms in total. The highest BCUT2D eigenvalue weighted by Gasteiger charge is 2.43. The molecule has 1 aliphatic rings. The Labute approximate surface area is 102 Å². The Morgan fingerprint density at radius 2 is 2.31 bits per heavy atom. The van der Waals surface area contributed by atoms with Crippen molar-refractivity contribution in [2.24, 2.45) is 0 Å². The molecule has 1 fully saturated rings. The number of aliphatic hydroxyl groups is 1. The van der Waals surface area contributed by atoms with E-state index in [9.17, 15) is 9.90 Å². The largest absolute Gasteiger partial charge is 0.444 e. The third-order valence-electron chi connectivity index (χ3n) is 3.17. The van der Waals surface area contributed by atoms with Crippen LogP contribution < -0.4 is 0 Å². The lowest BCUT2D eigenvalue weighted by atomic mass is 9.98. The minimum absolute atomic E-state index is 0.174. The highest BCUT2D eigenvalue weighted by Crippen LogP contribution is 2.30. The molecule has 5 heteroatoms. The highest BCUT2D eigenvalue weighted by atomic mass is 79.9. The number of hydrogen-bond donors (Lipinski definition) is 1. The summed E-state index contributed by atoms with van der Waals surface area (Å²) in [6.07, 6.45) is 0.135. The number of amides is 1. The van der Waals surface area contributed by atoms with Crippen molar-refractivity contribution in [2.45, 2.75) is 31.9 Å². The lowest BCUT2D eigenvalue weighted by Gasteiger charge is -2.33. The summed E-state index contributed by atoms with van der Waals surface area (Å²) in [6.45, 7) is 4.28. The molecule has 1 atom stereocenters. The molecular formula is C11H14BrNO3. The van der Waals surface area contributed by atoms with Crippen molar-refractivity contribution in [3.05, 3.63) is 22.6 Å². The minimum Gasteiger partial charge on any atom is -0.444 e. The maximum atomic E-state index is 12.1. The van der Waals surface area contributed by atoms with Crippen LogP contribution in [0.25, 0.3) is 0 Å². The van der Waals surface area contributed by atoms with Gasteiger partial charge < -0.3 is 14.4 Å². The first-order valence-corrected chi connectivity index (χ1v) is 5.97. The number of nitrogens with zero attached hydrogens (tertiary/aromatic N) is 1. The fraction of sp³-hybridized carbons (Fsp3) is 0.545. The van der Waals surface area contributed by atoms with Gasteiger partial charge >= 0.3 is 0 Å². The van der Waals surface area contributed by atoms with E-state index in [0.717, 1.165) is 0 Å². The molecule has 1 N–H and O–H groups in total. The Balaban J connectivity index is 2.23. The van der Waals surface area contributed by atoms with E-state index < -0.39 is 11.6 Å². The van der Waals surface area contributed by atoms with Crippen LogP contribution in [-0.4, -0.2) is 34.1 Å². The maximum absolute atomic E-state index is 12.1. The van der Waals surface area contributed by atoms with Crippen LogP contribution in [0.5, 0.6) is 0 Å². The number of hydrogen-bond acceptors (Lipinski definition) is 3. The molecule has 0 bridgehead atoms. The van der Waals surface area contributed by atoms with Crippen molar-refractivity contribution >= 4 is 21.8 Å². The molecule has 2 heterocycles. The summed E-state index contributed by atoms with van der Waals surface area (Å²) in [4.78, 5) is 13.8. The van der Waals surface area contributed by atoms with Gasteiger partial charge in [-0.1, -0.05) is 0 Å². The third kappa shape index (κ3) is 1.78. The van der Waals surface area contributed by atoms with E-state index in [2.05, 4.69) is 15.9 Å². The zero-order valence-corrected chi connectivity index (χ0v) is 10.8. The molecule has 1 amide bonds. The van der Waals surface area contributed by atoms with Crippen LogP contribution >= 0.6 is 15.9 Å². The molecule has 1 aliphatic heterocycles. The van der Waals surface area contributed by atoms with Gasteiger partial charge in [-0.2, -0.15) is 0 Å². The zero-order chi connectivity index (χ0) is 11.9. The second-order valence-corrected chi connectivity index (χ2v) is 5.30. The molecule has 1 aromatic heterocycles. The van der Waals surface area contributed by atoms with Gasteiger partial charge in [0, 0.05) is 6.54 Å². The van der Waals surface area contributed by atoms with Gasteiger partial charge in [0.15, 0.2) is 10.4 Å². The maximum Gasteiger partial charge on any atom is 0.290 e. The summed E-state index contributed by atoms with van der Waals surface area (Å²) in [5, 5.41) is 9.79.